The minimum atomic E-state index is 0.818. The molecule has 0 saturated heterocycles. The van der Waals surface area contributed by atoms with Gasteiger partial charge in [-0.2, -0.15) is 0 Å². The van der Waals surface area contributed by atoms with Gasteiger partial charge in [0, 0.05) is 0 Å². The van der Waals surface area contributed by atoms with Crippen molar-refractivity contribution in [3.8, 4) is 0 Å². The topological polar surface area (TPSA) is 24.7 Å². The molecular weight excluding hydrogens is 244 g/mol. The molecule has 0 aromatic rings. The maximum atomic E-state index is 4.23. The Morgan fingerprint density at radius 2 is 1.35 bits per heavy atom. The lowest BCUT2D eigenvalue weighted by molar-refractivity contribution is 0.445. The van der Waals surface area contributed by atoms with Crippen LogP contribution in [0.2, 0.25) is 0 Å². The molecule has 0 aliphatic carbocycles. The first-order chi connectivity index (χ1) is 9.83. The fourth-order valence-electron chi connectivity index (χ4n) is 2.72. The molecule has 114 valence electrons. The zero-order valence-corrected chi connectivity index (χ0v) is 13.6. The molecule has 0 aromatic carbocycles. The lowest BCUT2D eigenvalue weighted by atomic mass is 9.97. The highest BCUT2D eigenvalue weighted by Gasteiger charge is 2.16. The summed E-state index contributed by atoms with van der Waals surface area (Å²) >= 11 is 0. The first-order valence-electron chi connectivity index (χ1n) is 8.75. The number of hydrogen-bond acceptors (Lipinski definition) is 2. The van der Waals surface area contributed by atoms with E-state index in [4.69, 9.17) is 0 Å². The first kappa shape index (κ1) is 17.3. The SMILES string of the molecule is CCCCCCCCCCCC(C)CC[C+]1N=CC=N1. The van der Waals surface area contributed by atoms with Crippen molar-refractivity contribution in [2.45, 2.75) is 90.9 Å². The van der Waals surface area contributed by atoms with Crippen molar-refractivity contribution in [1.29, 1.82) is 0 Å². The van der Waals surface area contributed by atoms with Gasteiger partial charge < -0.3 is 0 Å². The van der Waals surface area contributed by atoms with E-state index in [-0.39, 0.29) is 0 Å². The quantitative estimate of drug-likeness (QED) is 0.293. The Labute approximate surface area is 126 Å². The van der Waals surface area contributed by atoms with Crippen LogP contribution in [-0.4, -0.2) is 12.4 Å². The van der Waals surface area contributed by atoms with E-state index in [1.165, 1.54) is 70.6 Å². The Kier molecular flexibility index (Phi) is 10.3. The van der Waals surface area contributed by atoms with Crippen LogP contribution in [0.1, 0.15) is 90.9 Å². The molecule has 2 nitrogen and oxygen atoms in total. The first-order valence-corrected chi connectivity index (χ1v) is 8.75. The molecule has 1 heterocycles. The third kappa shape index (κ3) is 9.17. The molecule has 0 saturated carbocycles. The van der Waals surface area contributed by atoms with Crippen LogP contribution in [0, 0.1) is 12.1 Å². The van der Waals surface area contributed by atoms with Gasteiger partial charge in [-0.25, -0.2) is 0 Å². The van der Waals surface area contributed by atoms with Gasteiger partial charge in [-0.15, -0.1) is 0 Å². The molecule has 0 bridgehead atoms. The zero-order valence-electron chi connectivity index (χ0n) is 13.6. The standard InChI is InChI=1S/C18H33N2/c1-3-4-5-6-7-8-9-10-11-12-17(2)13-14-18-19-15-16-20-18/h15-17H,3-14H2,1-2H3/q+1. The fraction of sp³-hybridized carbons (Fsp3) is 0.833. The molecule has 0 fully saturated rings. The Bertz CT molecular complexity index is 259. The monoisotopic (exact) mass is 277 g/mol. The average molecular weight is 277 g/mol. The summed E-state index contributed by atoms with van der Waals surface area (Å²) in [5, 5.41) is 0. The molecule has 0 radical (unpaired) electrons. The van der Waals surface area contributed by atoms with Crippen LogP contribution in [0.4, 0.5) is 0 Å². The summed E-state index contributed by atoms with van der Waals surface area (Å²) in [4.78, 5) is 8.46. The van der Waals surface area contributed by atoms with Crippen LogP contribution in [-0.2, 0) is 0 Å². The van der Waals surface area contributed by atoms with Crippen molar-refractivity contribution in [1.82, 2.24) is 0 Å². The van der Waals surface area contributed by atoms with Crippen LogP contribution >= 0.6 is 0 Å². The highest BCUT2D eigenvalue weighted by Crippen LogP contribution is 2.22. The van der Waals surface area contributed by atoms with Crippen molar-refractivity contribution in [3.63, 3.8) is 0 Å². The van der Waals surface area contributed by atoms with E-state index in [1.807, 2.05) is 0 Å². The van der Waals surface area contributed by atoms with E-state index in [0.717, 1.165) is 18.5 Å². The van der Waals surface area contributed by atoms with Crippen LogP contribution in [0.3, 0.4) is 0 Å². The number of nitrogens with zero attached hydrogens (tertiary/aromatic N) is 2. The molecule has 0 N–H and O–H groups in total. The maximum Gasteiger partial charge on any atom is 0.240 e. The third-order valence-corrected chi connectivity index (χ3v) is 4.18. The normalized spacial score (nSPS) is 15.2. The summed E-state index contributed by atoms with van der Waals surface area (Å²) in [6, 6.07) is 0. The molecule has 1 aliphatic heterocycles. The molecule has 1 atom stereocenters. The predicted molar refractivity (Wildman–Crippen MR) is 90.5 cm³/mol. The van der Waals surface area contributed by atoms with Crippen LogP contribution in [0.15, 0.2) is 9.98 Å². The van der Waals surface area contributed by atoms with Crippen LogP contribution < -0.4 is 0 Å². The second kappa shape index (κ2) is 12.0. The molecule has 0 spiro atoms. The summed E-state index contributed by atoms with van der Waals surface area (Å²) in [5.74, 6) is 0.818. The van der Waals surface area contributed by atoms with E-state index in [2.05, 4.69) is 23.8 Å². The van der Waals surface area contributed by atoms with Gasteiger partial charge in [0.2, 0.25) is 6.17 Å². The Morgan fingerprint density at radius 3 is 1.95 bits per heavy atom. The predicted octanol–water partition coefficient (Wildman–Crippen LogP) is 5.97. The Hall–Kier alpha value is -0.790. The van der Waals surface area contributed by atoms with Gasteiger partial charge in [-0.05, 0) is 12.3 Å². The molecule has 0 amide bonds. The molecule has 20 heavy (non-hydrogen) atoms. The van der Waals surface area contributed by atoms with Gasteiger partial charge in [0.25, 0.3) is 0 Å². The van der Waals surface area contributed by atoms with Crippen molar-refractivity contribution < 1.29 is 0 Å². The number of hydrogen-bond donors (Lipinski definition) is 0. The number of aliphatic imine (C=N–C) groups is 2. The van der Waals surface area contributed by atoms with Gasteiger partial charge in [-0.1, -0.05) is 88.0 Å². The van der Waals surface area contributed by atoms with Crippen LogP contribution in [0.25, 0.3) is 0 Å². The highest BCUT2D eigenvalue weighted by molar-refractivity contribution is 6.18. The maximum absolute atomic E-state index is 4.23. The molecule has 2 heteroatoms. The zero-order chi connectivity index (χ0) is 14.5. The Morgan fingerprint density at radius 1 is 0.800 bits per heavy atom. The van der Waals surface area contributed by atoms with Gasteiger partial charge >= 0.3 is 0 Å². The summed E-state index contributed by atoms with van der Waals surface area (Å²) in [6.45, 7) is 4.65. The van der Waals surface area contributed by atoms with Crippen molar-refractivity contribution >= 4 is 12.4 Å². The summed E-state index contributed by atoms with van der Waals surface area (Å²) in [5.41, 5.74) is 0. The Balaban J connectivity index is 1.80. The van der Waals surface area contributed by atoms with E-state index < -0.39 is 0 Å². The molecule has 1 rings (SSSR count). The highest BCUT2D eigenvalue weighted by atomic mass is 15.0. The summed E-state index contributed by atoms with van der Waals surface area (Å²) in [7, 11) is 0. The second-order valence-corrected chi connectivity index (χ2v) is 6.23. The van der Waals surface area contributed by atoms with Gasteiger partial charge in [-0.3, -0.25) is 0 Å². The summed E-state index contributed by atoms with van der Waals surface area (Å²) in [6.07, 6.45) is 21.1. The fourth-order valence-corrected chi connectivity index (χ4v) is 2.72. The third-order valence-electron chi connectivity index (χ3n) is 4.18. The molecule has 1 unspecified atom stereocenters. The van der Waals surface area contributed by atoms with Crippen LogP contribution in [0.5, 0.6) is 0 Å². The summed E-state index contributed by atoms with van der Waals surface area (Å²) < 4.78 is 0. The minimum Gasteiger partial charge on any atom is -0.0968 e. The van der Waals surface area contributed by atoms with E-state index >= 15 is 0 Å². The van der Waals surface area contributed by atoms with Gasteiger partial charge in [0.15, 0.2) is 12.4 Å². The van der Waals surface area contributed by atoms with Gasteiger partial charge in [0.1, 0.15) is 0 Å². The van der Waals surface area contributed by atoms with E-state index in [0.29, 0.717) is 0 Å². The minimum absolute atomic E-state index is 0.818. The largest absolute Gasteiger partial charge is 0.240 e. The molecular formula is C18H33N2+. The van der Waals surface area contributed by atoms with Crippen molar-refractivity contribution in [3.05, 3.63) is 6.17 Å². The lowest BCUT2D eigenvalue weighted by Gasteiger charge is -2.10. The van der Waals surface area contributed by atoms with E-state index in [1.54, 1.807) is 12.4 Å². The van der Waals surface area contributed by atoms with Gasteiger partial charge in [0.05, 0.1) is 6.42 Å². The average Bonchev–Trinajstić information content (AvgIpc) is 2.96. The smallest absolute Gasteiger partial charge is 0.0968 e. The molecule has 0 aromatic heterocycles. The van der Waals surface area contributed by atoms with E-state index in [9.17, 15) is 0 Å². The lowest BCUT2D eigenvalue weighted by Crippen LogP contribution is -1.97. The number of unbranched alkanes of at least 4 members (excludes halogenated alkanes) is 8. The van der Waals surface area contributed by atoms with Crippen molar-refractivity contribution in [2.75, 3.05) is 0 Å². The number of rotatable bonds is 13. The second-order valence-electron chi connectivity index (χ2n) is 6.23. The molecule has 1 aliphatic rings. The van der Waals surface area contributed by atoms with Crippen molar-refractivity contribution in [2.24, 2.45) is 15.9 Å².